The molecule has 7 heteroatoms. The average Bonchev–Trinajstić information content (AvgIpc) is 2.88. The molecule has 34 heavy (non-hydrogen) atoms. The minimum atomic E-state index is -3.80. The predicted molar refractivity (Wildman–Crippen MR) is 105 cm³/mol. The summed E-state index contributed by atoms with van der Waals surface area (Å²) >= 11 is -3.80. The first-order valence-electron chi connectivity index (χ1n) is 14.3. The van der Waals surface area contributed by atoms with E-state index in [1.54, 1.807) is 0 Å². The summed E-state index contributed by atoms with van der Waals surface area (Å²) in [5.74, 6) is 14.5. The third kappa shape index (κ3) is 0.768. The molecule has 0 aromatic rings. The first kappa shape index (κ1) is 15.3. The van der Waals surface area contributed by atoms with Gasteiger partial charge in [-0.3, -0.25) is 0 Å². The number of hydrogen-bond donors (Lipinski definition) is 0. The molecule has 0 N–H and O–H groups in total. The van der Waals surface area contributed by atoms with Crippen molar-refractivity contribution in [3.63, 3.8) is 0 Å². The molecule has 0 heterocycles. The second kappa shape index (κ2) is 3.42. The summed E-state index contributed by atoms with van der Waals surface area (Å²) in [6, 6.07) is 0. The normalized spacial score (nSPS) is 86.6. The molecule has 18 fully saturated rings. The average molecular weight is 511 g/mol. The second-order valence-corrected chi connectivity index (χ2v) is 18.7. The zero-order valence-electron chi connectivity index (χ0n) is 18.2. The van der Waals surface area contributed by atoms with Crippen molar-refractivity contribution in [2.45, 2.75) is 0 Å². The van der Waals surface area contributed by atoms with E-state index in [1.165, 1.54) is 0 Å². The van der Waals surface area contributed by atoms with Gasteiger partial charge in [0, 0.05) is 0 Å². The molecule has 18 aliphatic carbocycles. The Hall–Kier alpha value is -0.954. The summed E-state index contributed by atoms with van der Waals surface area (Å²) in [7, 11) is 0. The molecule has 168 valence electrons. The van der Waals surface area contributed by atoms with Gasteiger partial charge in [-0.2, -0.15) is 0 Å². The van der Waals surface area contributed by atoms with Crippen molar-refractivity contribution in [2.75, 3.05) is 0 Å². The monoisotopic (exact) mass is 510 g/mol. The van der Waals surface area contributed by atoms with Crippen molar-refractivity contribution in [1.82, 2.24) is 0 Å². The Morgan fingerprint density at radius 1 is 0.382 bits per heavy atom. The van der Waals surface area contributed by atoms with E-state index in [4.69, 9.17) is 10.6 Å². The Morgan fingerprint density at radius 3 is 0.794 bits per heavy atom. The van der Waals surface area contributed by atoms with Crippen molar-refractivity contribution in [3.8, 4) is 0 Å². The number of carbonyl (C=O) groups excluding carboxylic acids is 3. The van der Waals surface area contributed by atoms with Gasteiger partial charge in [-0.25, -0.2) is 0 Å². The van der Waals surface area contributed by atoms with Crippen molar-refractivity contribution in [1.29, 1.82) is 0 Å². The number of carbonyl (C=O) groups is 3. The van der Waals surface area contributed by atoms with Crippen LogP contribution in [0.15, 0.2) is 0 Å². The molecule has 18 rings (SSSR count). The van der Waals surface area contributed by atoms with E-state index < -0.39 is 17.3 Å². The molecule has 0 aromatic heterocycles. The number of rotatable bonds is 6. The zero-order valence-corrected chi connectivity index (χ0v) is 20.6. The zero-order chi connectivity index (χ0) is 21.1. The van der Waals surface area contributed by atoms with Crippen molar-refractivity contribution >= 4 is 35.2 Å². The quantitative estimate of drug-likeness (QED) is 0.489. The van der Waals surface area contributed by atoms with Gasteiger partial charge in [-0.05, 0) is 0 Å². The molecule has 6 nitrogen and oxygen atoms in total. The predicted octanol–water partition coefficient (Wildman–Crippen LogP) is 0.704. The molecule has 0 aliphatic heterocycles. The van der Waals surface area contributed by atoms with Crippen molar-refractivity contribution in [2.24, 2.45) is 141 Å². The summed E-state index contributed by atoms with van der Waals surface area (Å²) < 4.78 is 18.3. The van der Waals surface area contributed by atoms with E-state index in [1.807, 2.05) is 0 Å². The van der Waals surface area contributed by atoms with Crippen LogP contribution in [0.4, 0.5) is 0 Å². The van der Waals surface area contributed by atoms with Crippen LogP contribution < -0.4 is 0 Å². The fraction of sp³-hybridized carbons (Fsp3) is 0.889. The molecule has 0 radical (unpaired) electrons. The van der Waals surface area contributed by atoms with Gasteiger partial charge < -0.3 is 0 Å². The first-order chi connectivity index (χ1) is 16.6. The Bertz CT molecular complexity index is 1100. The van der Waals surface area contributed by atoms with Crippen LogP contribution in [0.2, 0.25) is 0 Å². The summed E-state index contributed by atoms with van der Waals surface area (Å²) in [4.78, 5) is 40.6. The molecular weight excluding hydrogens is 490 g/mol. The van der Waals surface area contributed by atoms with Gasteiger partial charge in [0.25, 0.3) is 0 Å². The topological polar surface area (TPSA) is 78.9 Å². The van der Waals surface area contributed by atoms with Gasteiger partial charge in [0.15, 0.2) is 0 Å². The van der Waals surface area contributed by atoms with Crippen molar-refractivity contribution in [3.05, 3.63) is 0 Å². The Labute approximate surface area is 200 Å². The van der Waals surface area contributed by atoms with Gasteiger partial charge in [0.05, 0.1) is 0 Å². The fourth-order valence-electron chi connectivity index (χ4n) is 18.2. The molecule has 0 amide bonds. The molecule has 0 bridgehead atoms. The van der Waals surface area contributed by atoms with Crippen LogP contribution in [-0.4, -0.2) is 35.2 Å². The van der Waals surface area contributed by atoms with Crippen LogP contribution in [0.3, 0.4) is 0 Å². The molecular formula is C27H21GaO6. The molecule has 0 saturated heterocycles. The Balaban J connectivity index is 0.771. The molecule has 0 unspecified atom stereocenters. The third-order valence-electron chi connectivity index (χ3n) is 18.1. The maximum atomic E-state index is 13.5. The first-order valence-corrected chi connectivity index (χ1v) is 17.2. The molecule has 18 aliphatic rings. The molecule has 0 aromatic carbocycles. The van der Waals surface area contributed by atoms with Crippen LogP contribution in [0.5, 0.6) is 0 Å². The SMILES string of the molecule is O=C([O][Ga]([O]C(=O)C12C3C4C5C3C1C5C42)[O]C(=O)C12C3C4C5C3C1C5C42)C12C3C4C5C3C1C5C42. The second-order valence-electron chi connectivity index (χ2n) is 16.0. The van der Waals surface area contributed by atoms with Gasteiger partial charge in [0.2, 0.25) is 0 Å². The summed E-state index contributed by atoms with van der Waals surface area (Å²) in [6.07, 6.45) is 0. The van der Waals surface area contributed by atoms with E-state index in [0.29, 0.717) is 53.3 Å². The molecule has 18 saturated carbocycles. The van der Waals surface area contributed by atoms with Gasteiger partial charge >= 0.3 is 201 Å². The number of hydrogen-bond acceptors (Lipinski definition) is 6. The summed E-state index contributed by atoms with van der Waals surface area (Å²) in [5, 5.41) is 0. The van der Waals surface area contributed by atoms with E-state index in [0.717, 1.165) is 71.0 Å². The van der Waals surface area contributed by atoms with Gasteiger partial charge in [-0.15, -0.1) is 0 Å². The molecule has 0 atom stereocenters. The fourth-order valence-corrected chi connectivity index (χ4v) is 20.8. The van der Waals surface area contributed by atoms with E-state index in [-0.39, 0.29) is 34.2 Å². The standard InChI is InChI=1S/3C9H8O2.Ga/c3*10-8(11)9-5-2-1-3(5)7(9)4(1)6(2)9;/h3*1-7H,(H,10,11);/q;;;+3/p-3. The van der Waals surface area contributed by atoms with Gasteiger partial charge in [-0.1, -0.05) is 0 Å². The van der Waals surface area contributed by atoms with Crippen LogP contribution in [0.25, 0.3) is 0 Å². The van der Waals surface area contributed by atoms with Crippen LogP contribution >= 0.6 is 0 Å². The van der Waals surface area contributed by atoms with E-state index in [9.17, 15) is 14.4 Å². The van der Waals surface area contributed by atoms with Crippen LogP contribution in [0.1, 0.15) is 0 Å². The van der Waals surface area contributed by atoms with Gasteiger partial charge in [0.1, 0.15) is 0 Å². The van der Waals surface area contributed by atoms with Crippen LogP contribution in [0, 0.1) is 141 Å². The van der Waals surface area contributed by atoms with Crippen LogP contribution in [-0.2, 0) is 25.0 Å². The van der Waals surface area contributed by atoms with Crippen molar-refractivity contribution < 1.29 is 25.0 Å². The minimum absolute atomic E-state index is 0.136. The Kier molecular flexibility index (Phi) is 1.54. The van der Waals surface area contributed by atoms with E-state index in [2.05, 4.69) is 0 Å². The van der Waals surface area contributed by atoms with E-state index >= 15 is 0 Å². The molecule has 0 spiro atoms. The maximum absolute atomic E-state index is 13.5. The summed E-state index contributed by atoms with van der Waals surface area (Å²) in [5.41, 5.74) is -0.751. The summed E-state index contributed by atoms with van der Waals surface area (Å²) in [6.45, 7) is 0. The third-order valence-corrected chi connectivity index (χ3v) is 20.7. The Morgan fingerprint density at radius 2 is 0.588 bits per heavy atom.